The van der Waals surface area contributed by atoms with Gasteiger partial charge in [0.25, 0.3) is 0 Å². The zero-order chi connectivity index (χ0) is 25.9. The standard InChI is InChI=1S/C31H33N3O3/c1-20-8-7-9-21(2)34(20)19-22-12-15-25(16-13-22)32-29(23-10-5-4-6-11-23)28-26-17-14-24(31(36)37-3)18-27(26)33-30(28)35/h4-6,10-18,20-21,33,35H,7-9,19H2,1-3H3. The van der Waals surface area contributed by atoms with Crippen LogP contribution in [0.4, 0.5) is 5.69 Å². The van der Waals surface area contributed by atoms with Gasteiger partial charge in [-0.05, 0) is 56.5 Å². The number of aromatic nitrogens is 1. The molecule has 2 N–H and O–H groups in total. The molecule has 0 bridgehead atoms. The van der Waals surface area contributed by atoms with Crippen molar-refractivity contribution in [2.45, 2.75) is 51.7 Å². The van der Waals surface area contributed by atoms with Crippen LogP contribution in [0.25, 0.3) is 10.9 Å². The third-order valence-corrected chi connectivity index (χ3v) is 7.40. The second-order valence-electron chi connectivity index (χ2n) is 9.89. The van der Waals surface area contributed by atoms with Crippen molar-refractivity contribution in [2.75, 3.05) is 7.11 Å². The predicted molar refractivity (Wildman–Crippen MR) is 148 cm³/mol. The minimum Gasteiger partial charge on any atom is -0.494 e. The number of carbonyl (C=O) groups excluding carboxylic acids is 1. The molecule has 5 rings (SSSR count). The number of ether oxygens (including phenoxy) is 1. The first-order chi connectivity index (χ1) is 17.9. The van der Waals surface area contributed by atoms with Crippen LogP contribution in [-0.2, 0) is 11.3 Å². The third kappa shape index (κ3) is 5.16. The molecule has 0 radical (unpaired) electrons. The summed E-state index contributed by atoms with van der Waals surface area (Å²) in [5.41, 5.74) is 5.26. The fourth-order valence-electron chi connectivity index (χ4n) is 5.33. The molecule has 1 aliphatic heterocycles. The summed E-state index contributed by atoms with van der Waals surface area (Å²) >= 11 is 0. The number of likely N-dealkylation sites (tertiary alicyclic amines) is 1. The Bertz CT molecular complexity index is 1410. The van der Waals surface area contributed by atoms with Crippen LogP contribution >= 0.6 is 0 Å². The Hall–Kier alpha value is -3.90. The predicted octanol–water partition coefficient (Wildman–Crippen LogP) is 6.59. The van der Waals surface area contributed by atoms with Crippen molar-refractivity contribution in [2.24, 2.45) is 4.99 Å². The first-order valence-electron chi connectivity index (χ1n) is 12.9. The van der Waals surface area contributed by atoms with E-state index in [4.69, 9.17) is 9.73 Å². The number of aliphatic imine (C=N–C) groups is 1. The van der Waals surface area contributed by atoms with Gasteiger partial charge in [-0.25, -0.2) is 9.79 Å². The van der Waals surface area contributed by atoms with E-state index in [2.05, 4.69) is 35.9 Å². The summed E-state index contributed by atoms with van der Waals surface area (Å²) in [6.07, 6.45) is 3.81. The van der Waals surface area contributed by atoms with E-state index >= 15 is 0 Å². The minimum absolute atomic E-state index is 0.00399. The highest BCUT2D eigenvalue weighted by molar-refractivity contribution is 6.22. The number of aromatic amines is 1. The molecule has 3 aromatic carbocycles. The van der Waals surface area contributed by atoms with Crippen molar-refractivity contribution in [1.82, 2.24) is 9.88 Å². The fourth-order valence-corrected chi connectivity index (χ4v) is 5.33. The Balaban J connectivity index is 1.52. The maximum Gasteiger partial charge on any atom is 0.337 e. The van der Waals surface area contributed by atoms with E-state index in [9.17, 15) is 9.90 Å². The van der Waals surface area contributed by atoms with E-state index in [0.717, 1.165) is 23.2 Å². The highest BCUT2D eigenvalue weighted by atomic mass is 16.5. The highest BCUT2D eigenvalue weighted by Crippen LogP contribution is 2.32. The lowest BCUT2D eigenvalue weighted by atomic mass is 9.96. The smallest absolute Gasteiger partial charge is 0.337 e. The summed E-state index contributed by atoms with van der Waals surface area (Å²) in [5, 5.41) is 11.7. The monoisotopic (exact) mass is 495 g/mol. The van der Waals surface area contributed by atoms with Gasteiger partial charge in [-0.3, -0.25) is 4.90 Å². The van der Waals surface area contributed by atoms with Gasteiger partial charge in [0.15, 0.2) is 5.88 Å². The van der Waals surface area contributed by atoms with E-state index in [0.29, 0.717) is 34.4 Å². The van der Waals surface area contributed by atoms with Gasteiger partial charge in [-0.2, -0.15) is 0 Å². The van der Waals surface area contributed by atoms with E-state index in [1.807, 2.05) is 48.5 Å². The lowest BCUT2D eigenvalue weighted by molar-refractivity contribution is 0.0601. The number of piperidine rings is 1. The van der Waals surface area contributed by atoms with Crippen molar-refractivity contribution >= 4 is 28.3 Å². The second-order valence-corrected chi connectivity index (χ2v) is 9.89. The molecule has 0 spiro atoms. The third-order valence-electron chi connectivity index (χ3n) is 7.40. The summed E-state index contributed by atoms with van der Waals surface area (Å²) in [7, 11) is 1.35. The topological polar surface area (TPSA) is 77.9 Å². The van der Waals surface area contributed by atoms with Gasteiger partial charge in [0.1, 0.15) is 0 Å². The zero-order valence-electron chi connectivity index (χ0n) is 21.6. The molecule has 1 saturated heterocycles. The maximum absolute atomic E-state index is 12.0. The molecule has 0 aliphatic carbocycles. The SMILES string of the molecule is COC(=O)c1ccc2c(C(=Nc3ccc(CN4C(C)CCCC4C)cc3)c3ccccc3)c(O)[nH]c2c1. The molecule has 37 heavy (non-hydrogen) atoms. The summed E-state index contributed by atoms with van der Waals surface area (Å²) in [6, 6.07) is 24.6. The van der Waals surface area contributed by atoms with Crippen molar-refractivity contribution in [3.05, 3.63) is 95.1 Å². The van der Waals surface area contributed by atoms with E-state index in [-0.39, 0.29) is 5.88 Å². The Morgan fingerprint density at radius 1 is 1.00 bits per heavy atom. The van der Waals surface area contributed by atoms with Crippen molar-refractivity contribution in [3.8, 4) is 5.88 Å². The van der Waals surface area contributed by atoms with Gasteiger partial charge in [-0.1, -0.05) is 55.0 Å². The Kier molecular flexibility index (Phi) is 7.10. The van der Waals surface area contributed by atoms with Crippen LogP contribution in [0.15, 0.2) is 77.8 Å². The number of fused-ring (bicyclic) bond motifs is 1. The lowest BCUT2D eigenvalue weighted by Gasteiger charge is -2.39. The normalized spacial score (nSPS) is 18.7. The molecule has 4 aromatic rings. The van der Waals surface area contributed by atoms with Crippen LogP contribution in [0, 0.1) is 0 Å². The number of hydrogen-bond donors (Lipinski definition) is 2. The second kappa shape index (κ2) is 10.6. The van der Waals surface area contributed by atoms with Crippen LogP contribution in [0.2, 0.25) is 0 Å². The number of nitrogens with zero attached hydrogens (tertiary/aromatic N) is 2. The molecule has 6 nitrogen and oxygen atoms in total. The highest BCUT2D eigenvalue weighted by Gasteiger charge is 2.24. The Labute approximate surface area is 217 Å². The quantitative estimate of drug-likeness (QED) is 0.234. The molecular formula is C31H33N3O3. The summed E-state index contributed by atoms with van der Waals surface area (Å²) in [6.45, 7) is 5.58. The van der Waals surface area contributed by atoms with Gasteiger partial charge < -0.3 is 14.8 Å². The number of H-pyrrole nitrogens is 1. The number of carbonyl (C=O) groups is 1. The van der Waals surface area contributed by atoms with Crippen molar-refractivity contribution in [3.63, 3.8) is 0 Å². The average molecular weight is 496 g/mol. The van der Waals surface area contributed by atoms with Gasteiger partial charge in [0.05, 0.1) is 29.6 Å². The summed E-state index contributed by atoms with van der Waals surface area (Å²) in [4.78, 5) is 22.6. The molecule has 1 fully saturated rings. The molecule has 2 unspecified atom stereocenters. The van der Waals surface area contributed by atoms with E-state index < -0.39 is 5.97 Å². The minimum atomic E-state index is -0.428. The van der Waals surface area contributed by atoms with Gasteiger partial charge in [-0.15, -0.1) is 0 Å². The van der Waals surface area contributed by atoms with Crippen LogP contribution < -0.4 is 0 Å². The summed E-state index contributed by atoms with van der Waals surface area (Å²) in [5.74, 6) is -0.424. The van der Waals surface area contributed by atoms with Crippen LogP contribution in [-0.4, -0.2) is 45.9 Å². The number of nitrogens with one attached hydrogen (secondary N) is 1. The summed E-state index contributed by atoms with van der Waals surface area (Å²) < 4.78 is 4.85. The molecule has 1 aromatic heterocycles. The van der Waals surface area contributed by atoms with Gasteiger partial charge in [0, 0.05) is 35.1 Å². The van der Waals surface area contributed by atoms with Crippen molar-refractivity contribution in [1.29, 1.82) is 0 Å². The number of aromatic hydroxyl groups is 1. The molecule has 6 heteroatoms. The molecular weight excluding hydrogens is 462 g/mol. The molecule has 1 aliphatic rings. The first kappa shape index (κ1) is 24.8. The number of methoxy groups -OCH3 is 1. The molecule has 0 amide bonds. The molecule has 0 saturated carbocycles. The van der Waals surface area contributed by atoms with Gasteiger partial charge >= 0.3 is 5.97 Å². The largest absolute Gasteiger partial charge is 0.494 e. The Morgan fingerprint density at radius 2 is 1.70 bits per heavy atom. The molecule has 2 atom stereocenters. The number of benzene rings is 3. The molecule has 190 valence electrons. The van der Waals surface area contributed by atoms with E-state index in [1.54, 1.807) is 12.1 Å². The van der Waals surface area contributed by atoms with Crippen molar-refractivity contribution < 1.29 is 14.6 Å². The maximum atomic E-state index is 12.0. The van der Waals surface area contributed by atoms with E-state index in [1.165, 1.54) is 31.9 Å². The lowest BCUT2D eigenvalue weighted by Crippen LogP contribution is -2.42. The fraction of sp³-hybridized carbons (Fsp3) is 0.290. The van der Waals surface area contributed by atoms with Crippen LogP contribution in [0.3, 0.4) is 0 Å². The number of hydrogen-bond acceptors (Lipinski definition) is 5. The van der Waals surface area contributed by atoms with Crippen LogP contribution in [0.1, 0.15) is 60.2 Å². The zero-order valence-corrected chi connectivity index (χ0v) is 21.6. The number of rotatable bonds is 6. The molecule has 2 heterocycles. The Morgan fingerprint density at radius 3 is 2.38 bits per heavy atom. The first-order valence-corrected chi connectivity index (χ1v) is 12.9. The average Bonchev–Trinajstić information content (AvgIpc) is 3.25. The van der Waals surface area contributed by atoms with Crippen LogP contribution in [0.5, 0.6) is 5.88 Å². The number of esters is 1. The van der Waals surface area contributed by atoms with Gasteiger partial charge in [0.2, 0.25) is 0 Å².